The van der Waals surface area contributed by atoms with Gasteiger partial charge in [0.05, 0.1) is 6.10 Å². The third-order valence-corrected chi connectivity index (χ3v) is 4.45. The number of amides is 1. The molecule has 0 aliphatic heterocycles. The molecule has 122 valence electrons. The quantitative estimate of drug-likeness (QED) is 0.821. The van der Waals surface area contributed by atoms with Crippen molar-refractivity contribution in [3.05, 3.63) is 29.1 Å². The van der Waals surface area contributed by atoms with Crippen molar-refractivity contribution in [2.75, 3.05) is 6.54 Å². The molecule has 2 rings (SSSR count). The maximum Gasteiger partial charge on any atom is 0.244 e. The maximum absolute atomic E-state index is 11.7. The first-order valence-electron chi connectivity index (χ1n) is 8.31. The summed E-state index contributed by atoms with van der Waals surface area (Å²) in [6.45, 7) is 6.22. The summed E-state index contributed by atoms with van der Waals surface area (Å²) < 4.78 is 2.44. The Kier molecular flexibility index (Phi) is 5.83. The van der Waals surface area contributed by atoms with Gasteiger partial charge in [0.2, 0.25) is 5.91 Å². The van der Waals surface area contributed by atoms with Gasteiger partial charge >= 0.3 is 0 Å². The second-order valence-electron chi connectivity index (χ2n) is 6.42. The summed E-state index contributed by atoms with van der Waals surface area (Å²) in [5, 5.41) is 11.8. The zero-order valence-corrected chi connectivity index (χ0v) is 13.9. The minimum absolute atomic E-state index is 0.164. The van der Waals surface area contributed by atoms with E-state index < -0.39 is 6.10 Å². The molecule has 1 fully saturated rings. The van der Waals surface area contributed by atoms with Crippen molar-refractivity contribution in [1.29, 1.82) is 0 Å². The molecule has 0 saturated heterocycles. The molecule has 1 aromatic heterocycles. The highest BCUT2D eigenvalue weighted by Gasteiger charge is 2.19. The van der Waals surface area contributed by atoms with Gasteiger partial charge in [-0.05, 0) is 51.3 Å². The van der Waals surface area contributed by atoms with Crippen LogP contribution in [0.4, 0.5) is 0 Å². The second-order valence-corrected chi connectivity index (χ2v) is 6.42. The molecule has 1 heterocycles. The summed E-state index contributed by atoms with van der Waals surface area (Å²) in [7, 11) is 0. The van der Waals surface area contributed by atoms with Crippen LogP contribution in [0.1, 0.15) is 62.0 Å². The highest BCUT2D eigenvalue weighted by molar-refractivity contribution is 5.91. The van der Waals surface area contributed by atoms with Gasteiger partial charge in [-0.25, -0.2) is 0 Å². The number of aliphatic hydroxyl groups is 1. The van der Waals surface area contributed by atoms with Crippen LogP contribution in [0.2, 0.25) is 0 Å². The van der Waals surface area contributed by atoms with E-state index in [4.69, 9.17) is 0 Å². The predicted molar refractivity (Wildman–Crippen MR) is 89.8 cm³/mol. The van der Waals surface area contributed by atoms with E-state index in [0.29, 0.717) is 6.04 Å². The van der Waals surface area contributed by atoms with Crippen LogP contribution in [0.5, 0.6) is 0 Å². The molecule has 0 bridgehead atoms. The number of aliphatic hydroxyl groups excluding tert-OH is 1. The fourth-order valence-corrected chi connectivity index (χ4v) is 3.35. The molecular formula is C18H28N2O2. The highest BCUT2D eigenvalue weighted by atomic mass is 16.3. The summed E-state index contributed by atoms with van der Waals surface area (Å²) in [5.74, 6) is -0.164. The van der Waals surface area contributed by atoms with Crippen LogP contribution < -0.4 is 5.32 Å². The van der Waals surface area contributed by atoms with Gasteiger partial charge in [0.25, 0.3) is 0 Å². The maximum atomic E-state index is 11.7. The molecule has 1 aliphatic carbocycles. The minimum atomic E-state index is -0.520. The van der Waals surface area contributed by atoms with Crippen LogP contribution >= 0.6 is 0 Å². The van der Waals surface area contributed by atoms with Crippen LogP contribution in [0, 0.1) is 13.8 Å². The number of nitrogens with one attached hydrogen (secondary N) is 1. The SMILES string of the molecule is Cc1cc(/C=C/C(=O)NCC(C)O)c(C)n1C1CCCCC1. The number of hydrogen-bond acceptors (Lipinski definition) is 2. The average molecular weight is 304 g/mol. The van der Waals surface area contributed by atoms with E-state index in [1.807, 2.05) is 6.08 Å². The minimum Gasteiger partial charge on any atom is -0.392 e. The molecule has 0 spiro atoms. The lowest BCUT2D eigenvalue weighted by Gasteiger charge is -2.26. The van der Waals surface area contributed by atoms with Gasteiger partial charge in [0.1, 0.15) is 0 Å². The number of aryl methyl sites for hydroxylation is 1. The first kappa shape index (κ1) is 16.8. The number of aromatic nitrogens is 1. The summed E-state index contributed by atoms with van der Waals surface area (Å²) in [6, 6.07) is 2.77. The average Bonchev–Trinajstić information content (AvgIpc) is 2.78. The first-order valence-corrected chi connectivity index (χ1v) is 8.31. The van der Waals surface area contributed by atoms with Crippen LogP contribution in [0.15, 0.2) is 12.1 Å². The van der Waals surface area contributed by atoms with Gasteiger partial charge in [0, 0.05) is 30.1 Å². The third-order valence-electron chi connectivity index (χ3n) is 4.45. The Hall–Kier alpha value is -1.55. The predicted octanol–water partition coefficient (Wildman–Crippen LogP) is 3.12. The fourth-order valence-electron chi connectivity index (χ4n) is 3.35. The van der Waals surface area contributed by atoms with Gasteiger partial charge in [-0.2, -0.15) is 0 Å². The summed E-state index contributed by atoms with van der Waals surface area (Å²) in [6.07, 6.45) is 9.40. The third kappa shape index (κ3) is 4.23. The van der Waals surface area contributed by atoms with E-state index in [1.54, 1.807) is 13.0 Å². The lowest BCUT2D eigenvalue weighted by molar-refractivity contribution is -0.116. The van der Waals surface area contributed by atoms with E-state index in [-0.39, 0.29) is 12.5 Å². The van der Waals surface area contributed by atoms with Crippen LogP contribution in [0.25, 0.3) is 6.08 Å². The molecule has 1 aromatic rings. The molecule has 1 saturated carbocycles. The van der Waals surface area contributed by atoms with Gasteiger partial charge in [-0.1, -0.05) is 19.3 Å². The summed E-state index contributed by atoms with van der Waals surface area (Å²) in [5.41, 5.74) is 3.62. The fraction of sp³-hybridized carbons (Fsp3) is 0.611. The molecule has 1 amide bonds. The molecule has 1 atom stereocenters. The molecule has 0 radical (unpaired) electrons. The molecule has 4 nitrogen and oxygen atoms in total. The number of nitrogens with zero attached hydrogens (tertiary/aromatic N) is 1. The Bertz CT molecular complexity index is 538. The Labute approximate surface area is 133 Å². The van der Waals surface area contributed by atoms with Gasteiger partial charge in [-0.15, -0.1) is 0 Å². The van der Waals surface area contributed by atoms with Gasteiger partial charge in [0.15, 0.2) is 0 Å². The Morgan fingerprint density at radius 1 is 1.41 bits per heavy atom. The van der Waals surface area contributed by atoms with E-state index in [9.17, 15) is 9.90 Å². The second kappa shape index (κ2) is 7.63. The van der Waals surface area contributed by atoms with Crippen LogP contribution in [-0.4, -0.2) is 28.2 Å². The normalized spacial score (nSPS) is 17.8. The molecule has 1 aliphatic rings. The van der Waals surface area contributed by atoms with Crippen molar-refractivity contribution < 1.29 is 9.90 Å². The molecule has 4 heteroatoms. The number of carbonyl (C=O) groups excluding carboxylic acids is 1. The smallest absolute Gasteiger partial charge is 0.244 e. The standard InChI is InChI=1S/C18H28N2O2/c1-13-11-16(9-10-18(22)19-12-14(2)21)15(3)20(13)17-7-5-4-6-8-17/h9-11,14,17,21H,4-8,12H2,1-3H3,(H,19,22)/b10-9+. The van der Waals surface area contributed by atoms with Crippen molar-refractivity contribution in [2.45, 2.75) is 65.0 Å². The largest absolute Gasteiger partial charge is 0.392 e. The van der Waals surface area contributed by atoms with Crippen LogP contribution in [0.3, 0.4) is 0 Å². The number of hydrogen-bond donors (Lipinski definition) is 2. The summed E-state index contributed by atoms with van der Waals surface area (Å²) >= 11 is 0. The zero-order chi connectivity index (χ0) is 16.1. The van der Waals surface area contributed by atoms with Crippen molar-refractivity contribution in [3.63, 3.8) is 0 Å². The molecule has 0 aromatic carbocycles. The van der Waals surface area contributed by atoms with E-state index in [2.05, 4.69) is 29.8 Å². The van der Waals surface area contributed by atoms with E-state index >= 15 is 0 Å². The molecule has 2 N–H and O–H groups in total. The monoisotopic (exact) mass is 304 g/mol. The van der Waals surface area contributed by atoms with Crippen molar-refractivity contribution in [2.24, 2.45) is 0 Å². The molecular weight excluding hydrogens is 276 g/mol. The molecule has 22 heavy (non-hydrogen) atoms. The number of carbonyl (C=O) groups is 1. The van der Waals surface area contributed by atoms with Gasteiger partial charge in [-0.3, -0.25) is 4.79 Å². The van der Waals surface area contributed by atoms with Gasteiger partial charge < -0.3 is 15.0 Å². The Morgan fingerprint density at radius 3 is 2.73 bits per heavy atom. The van der Waals surface area contributed by atoms with E-state index in [0.717, 1.165) is 5.56 Å². The van der Waals surface area contributed by atoms with Crippen molar-refractivity contribution >= 4 is 12.0 Å². The zero-order valence-electron chi connectivity index (χ0n) is 13.9. The summed E-state index contributed by atoms with van der Waals surface area (Å²) in [4.78, 5) is 11.7. The van der Waals surface area contributed by atoms with Crippen LogP contribution in [-0.2, 0) is 4.79 Å². The lowest BCUT2D eigenvalue weighted by atomic mass is 9.95. The Balaban J connectivity index is 2.07. The molecule has 1 unspecified atom stereocenters. The topological polar surface area (TPSA) is 54.3 Å². The van der Waals surface area contributed by atoms with Crippen molar-refractivity contribution in [1.82, 2.24) is 9.88 Å². The first-order chi connectivity index (χ1) is 10.5. The lowest BCUT2D eigenvalue weighted by Crippen LogP contribution is -2.28. The Morgan fingerprint density at radius 2 is 2.09 bits per heavy atom. The number of rotatable bonds is 5. The van der Waals surface area contributed by atoms with E-state index in [1.165, 1.54) is 43.5 Å². The van der Waals surface area contributed by atoms with Crippen molar-refractivity contribution in [3.8, 4) is 0 Å². The highest BCUT2D eigenvalue weighted by Crippen LogP contribution is 2.32.